The molecule has 15 heavy (non-hydrogen) atoms. The van der Waals surface area contributed by atoms with Gasteiger partial charge in [-0.3, -0.25) is 0 Å². The minimum absolute atomic E-state index is 0.637. The van der Waals surface area contributed by atoms with Crippen molar-refractivity contribution in [3.05, 3.63) is 11.5 Å². The summed E-state index contributed by atoms with van der Waals surface area (Å²) in [6.45, 7) is 1.89. The number of hydrogen-bond donors (Lipinski definition) is 2. The highest BCUT2D eigenvalue weighted by Gasteiger charge is 2.18. The van der Waals surface area contributed by atoms with Gasteiger partial charge in [0, 0.05) is 0 Å². The van der Waals surface area contributed by atoms with Gasteiger partial charge in [-0.2, -0.15) is 0 Å². The molecule has 1 fully saturated rings. The largest absolute Gasteiger partial charge is 0.382 e. The van der Waals surface area contributed by atoms with E-state index < -0.39 is 0 Å². The molecular weight excluding hydrogens is 188 g/mol. The molecule has 84 valence electrons. The van der Waals surface area contributed by atoms with Gasteiger partial charge in [0.1, 0.15) is 11.6 Å². The Labute approximate surface area is 90.6 Å². The van der Waals surface area contributed by atoms with Crippen molar-refractivity contribution in [1.82, 2.24) is 9.66 Å². The zero-order valence-electron chi connectivity index (χ0n) is 9.37. The van der Waals surface area contributed by atoms with E-state index in [9.17, 15) is 0 Å². The molecule has 4 nitrogen and oxygen atoms in total. The lowest BCUT2D eigenvalue weighted by Crippen LogP contribution is -2.15. The lowest BCUT2D eigenvalue weighted by atomic mass is 9.86. The summed E-state index contributed by atoms with van der Waals surface area (Å²) in [5, 5.41) is 0. The first kappa shape index (κ1) is 10.3. The summed E-state index contributed by atoms with van der Waals surface area (Å²) in [7, 11) is 0. The van der Waals surface area contributed by atoms with Gasteiger partial charge in [-0.05, 0) is 19.3 Å². The van der Waals surface area contributed by atoms with Gasteiger partial charge in [0.15, 0.2) is 0 Å². The Kier molecular flexibility index (Phi) is 2.84. The Hall–Kier alpha value is -1.19. The van der Waals surface area contributed by atoms with Crippen LogP contribution in [-0.4, -0.2) is 9.66 Å². The Bertz CT molecular complexity index is 337. The minimum atomic E-state index is 0.637. The van der Waals surface area contributed by atoms with Gasteiger partial charge >= 0.3 is 0 Å². The number of anilines is 1. The van der Waals surface area contributed by atoms with Crippen LogP contribution < -0.4 is 11.6 Å². The predicted molar refractivity (Wildman–Crippen MR) is 61.8 cm³/mol. The average molecular weight is 208 g/mol. The Morgan fingerprint density at radius 2 is 2.00 bits per heavy atom. The molecular formula is C11H20N4. The van der Waals surface area contributed by atoms with Crippen LogP contribution in [0.1, 0.15) is 43.6 Å². The van der Waals surface area contributed by atoms with Crippen molar-refractivity contribution in [3.8, 4) is 0 Å². The maximum absolute atomic E-state index is 5.90. The Balaban J connectivity index is 2.06. The van der Waals surface area contributed by atoms with Crippen LogP contribution in [0.3, 0.4) is 0 Å². The van der Waals surface area contributed by atoms with Gasteiger partial charge in [-0.1, -0.05) is 32.1 Å². The van der Waals surface area contributed by atoms with Crippen molar-refractivity contribution in [2.45, 2.75) is 45.4 Å². The molecule has 1 heterocycles. The van der Waals surface area contributed by atoms with E-state index in [1.165, 1.54) is 36.8 Å². The summed E-state index contributed by atoms with van der Waals surface area (Å²) in [4.78, 5) is 4.42. The third-order valence-corrected chi connectivity index (χ3v) is 3.41. The minimum Gasteiger partial charge on any atom is -0.382 e. The molecule has 0 saturated heterocycles. The molecule has 0 radical (unpaired) electrons. The fourth-order valence-corrected chi connectivity index (χ4v) is 2.43. The van der Waals surface area contributed by atoms with E-state index in [1.807, 2.05) is 6.92 Å². The summed E-state index contributed by atoms with van der Waals surface area (Å²) < 4.78 is 1.48. The first-order valence-electron chi connectivity index (χ1n) is 5.77. The van der Waals surface area contributed by atoms with Crippen LogP contribution >= 0.6 is 0 Å². The molecule has 0 aliphatic heterocycles. The highest BCUT2D eigenvalue weighted by molar-refractivity contribution is 5.38. The van der Waals surface area contributed by atoms with Crippen LogP contribution in [-0.2, 0) is 6.42 Å². The highest BCUT2D eigenvalue weighted by Crippen LogP contribution is 2.28. The second-order valence-electron chi connectivity index (χ2n) is 4.57. The topological polar surface area (TPSA) is 69.9 Å². The Morgan fingerprint density at radius 1 is 1.33 bits per heavy atom. The monoisotopic (exact) mass is 208 g/mol. The number of rotatable bonds is 2. The summed E-state index contributed by atoms with van der Waals surface area (Å²) in [5.74, 6) is 7.94. The van der Waals surface area contributed by atoms with Gasteiger partial charge < -0.3 is 11.6 Å². The zero-order chi connectivity index (χ0) is 10.8. The van der Waals surface area contributed by atoms with E-state index in [0.29, 0.717) is 5.82 Å². The highest BCUT2D eigenvalue weighted by atomic mass is 15.4. The van der Waals surface area contributed by atoms with E-state index in [0.717, 1.165) is 23.9 Å². The van der Waals surface area contributed by atoms with Gasteiger partial charge in [-0.25, -0.2) is 9.66 Å². The summed E-state index contributed by atoms with van der Waals surface area (Å²) in [5.41, 5.74) is 6.88. The first-order chi connectivity index (χ1) is 7.18. The molecule has 1 aliphatic carbocycles. The predicted octanol–water partition coefficient (Wildman–Crippen LogP) is 1.61. The van der Waals surface area contributed by atoms with Crippen LogP contribution in [0.4, 0.5) is 5.82 Å². The molecule has 0 bridgehead atoms. The van der Waals surface area contributed by atoms with Crippen molar-refractivity contribution in [2.75, 3.05) is 11.6 Å². The molecule has 0 unspecified atom stereocenters. The Morgan fingerprint density at radius 3 is 2.53 bits per heavy atom. The van der Waals surface area contributed by atoms with Crippen molar-refractivity contribution in [3.63, 3.8) is 0 Å². The van der Waals surface area contributed by atoms with Crippen molar-refractivity contribution in [2.24, 2.45) is 5.92 Å². The van der Waals surface area contributed by atoms with Crippen molar-refractivity contribution in [1.29, 1.82) is 0 Å². The molecule has 1 aromatic rings. The lowest BCUT2D eigenvalue weighted by molar-refractivity contribution is 0.355. The molecule has 0 atom stereocenters. The van der Waals surface area contributed by atoms with Gasteiger partial charge in [-0.15, -0.1) is 0 Å². The summed E-state index contributed by atoms with van der Waals surface area (Å²) in [6, 6.07) is 0. The number of aryl methyl sites for hydroxylation is 1. The molecule has 0 spiro atoms. The molecule has 4 heteroatoms. The zero-order valence-corrected chi connectivity index (χ0v) is 9.37. The standard InChI is InChI=1S/C11H20N4/c1-8-14-10(11(12)15(8)13)7-9-5-3-2-4-6-9/h9H,2-7,12-13H2,1H3. The van der Waals surface area contributed by atoms with Gasteiger partial charge in [0.25, 0.3) is 0 Å². The summed E-state index contributed by atoms with van der Waals surface area (Å²) in [6.07, 6.45) is 7.72. The lowest BCUT2D eigenvalue weighted by Gasteiger charge is -2.20. The molecule has 4 N–H and O–H groups in total. The fourth-order valence-electron chi connectivity index (χ4n) is 2.43. The average Bonchev–Trinajstić information content (AvgIpc) is 2.48. The smallest absolute Gasteiger partial charge is 0.145 e. The van der Waals surface area contributed by atoms with Crippen molar-refractivity contribution >= 4 is 5.82 Å². The number of nitrogens with two attached hydrogens (primary N) is 2. The molecule has 1 saturated carbocycles. The van der Waals surface area contributed by atoms with E-state index in [1.54, 1.807) is 0 Å². The van der Waals surface area contributed by atoms with Crippen LogP contribution in [0.25, 0.3) is 0 Å². The third kappa shape index (κ3) is 2.08. The molecule has 2 rings (SSSR count). The molecule has 0 amide bonds. The third-order valence-electron chi connectivity index (χ3n) is 3.41. The van der Waals surface area contributed by atoms with Crippen LogP contribution in [0.15, 0.2) is 0 Å². The van der Waals surface area contributed by atoms with Crippen LogP contribution in [0, 0.1) is 12.8 Å². The van der Waals surface area contributed by atoms with Gasteiger partial charge in [0.05, 0.1) is 5.69 Å². The molecule has 0 aromatic carbocycles. The number of aromatic nitrogens is 2. The quantitative estimate of drug-likeness (QED) is 0.725. The maximum atomic E-state index is 5.90. The molecule has 1 aliphatic rings. The van der Waals surface area contributed by atoms with Crippen molar-refractivity contribution < 1.29 is 0 Å². The van der Waals surface area contributed by atoms with E-state index in [-0.39, 0.29) is 0 Å². The van der Waals surface area contributed by atoms with E-state index in [4.69, 9.17) is 11.6 Å². The number of hydrogen-bond acceptors (Lipinski definition) is 3. The number of nitrogens with zero attached hydrogens (tertiary/aromatic N) is 2. The summed E-state index contributed by atoms with van der Waals surface area (Å²) >= 11 is 0. The van der Waals surface area contributed by atoms with E-state index in [2.05, 4.69) is 4.98 Å². The van der Waals surface area contributed by atoms with Gasteiger partial charge in [0.2, 0.25) is 0 Å². The van der Waals surface area contributed by atoms with E-state index >= 15 is 0 Å². The second kappa shape index (κ2) is 4.13. The number of imidazole rings is 1. The fraction of sp³-hybridized carbons (Fsp3) is 0.727. The number of nitrogen functional groups attached to an aromatic ring is 2. The normalized spacial score (nSPS) is 18.2. The first-order valence-corrected chi connectivity index (χ1v) is 5.77. The van der Waals surface area contributed by atoms with Crippen LogP contribution in [0.2, 0.25) is 0 Å². The SMILES string of the molecule is Cc1nc(CC2CCCCC2)c(N)n1N. The van der Waals surface area contributed by atoms with Crippen LogP contribution in [0.5, 0.6) is 0 Å². The maximum Gasteiger partial charge on any atom is 0.145 e. The second-order valence-corrected chi connectivity index (χ2v) is 4.57. The molecule has 1 aromatic heterocycles.